The van der Waals surface area contributed by atoms with Crippen molar-refractivity contribution in [2.45, 2.75) is 0 Å². The van der Waals surface area contributed by atoms with Crippen LogP contribution in [0, 0.1) is 0 Å². The van der Waals surface area contributed by atoms with Gasteiger partial charge in [-0.3, -0.25) is 28.8 Å². The molecule has 6 aromatic carbocycles. The van der Waals surface area contributed by atoms with Crippen molar-refractivity contribution in [1.82, 2.24) is 0 Å². The summed E-state index contributed by atoms with van der Waals surface area (Å²) in [5, 5.41) is 5.97. The molecule has 0 saturated heterocycles. The molecule has 276 valence electrons. The van der Waals surface area contributed by atoms with E-state index in [1.165, 1.54) is 36.4 Å². The van der Waals surface area contributed by atoms with Crippen LogP contribution in [-0.2, 0) is 0 Å². The Labute approximate surface area is 331 Å². The maximum Gasteiger partial charge on any atom is 0.255 e. The topological polar surface area (TPSA) is 165 Å². The predicted molar refractivity (Wildman–Crippen MR) is 217 cm³/mol. The highest BCUT2D eigenvalue weighted by Gasteiger charge is 2.18. The average Bonchev–Trinajstić information content (AvgIpc) is 3.19. The van der Waals surface area contributed by atoms with E-state index in [2.05, 4.69) is 16.0 Å². The van der Waals surface area contributed by atoms with Crippen molar-refractivity contribution >= 4 is 91.0 Å². The Morgan fingerprint density at radius 2 is 0.564 bits per heavy atom. The third-order valence-electron chi connectivity index (χ3n) is 7.23. The van der Waals surface area contributed by atoms with Crippen molar-refractivity contribution in [2.24, 2.45) is 0 Å². The van der Waals surface area contributed by atoms with Crippen LogP contribution in [0.25, 0.3) is 0 Å². The number of nitrogens with one attached hydrogen (secondary N) is 3. The summed E-state index contributed by atoms with van der Waals surface area (Å²) in [5.74, 6) is -1.28. The zero-order valence-electron chi connectivity index (χ0n) is 28.7. The molecule has 0 radical (unpaired) electrons. The standard InChI is InChI=1S/C27H21N3O3.C9H3Cl3O3.C6H7N/c31-25(28-22-10-4-1-5-11-22)19-16-20(26(32)29-23-12-6-2-7-13-23)18-21(17-19)27(33)30-24-14-8-3-9-15-24;10-7(13)4-1-5(8(11)14)3-6(2-4)9(12)15;7-6-4-2-1-3-5-6/h1-18H,(H,28,31)(H,29,32)(H,30,33);1-3H;1-5H,7H2. The molecule has 0 aliphatic rings. The molecular formula is C42H31Cl3N4O6. The highest BCUT2D eigenvalue weighted by Crippen LogP contribution is 2.19. The number of halogens is 3. The molecular weight excluding hydrogens is 763 g/mol. The van der Waals surface area contributed by atoms with E-state index in [1.807, 2.05) is 48.5 Å². The molecule has 13 heteroatoms. The second-order valence-corrected chi connectivity index (χ2v) is 12.3. The first-order valence-electron chi connectivity index (χ1n) is 16.2. The van der Waals surface area contributed by atoms with Gasteiger partial charge in [0, 0.05) is 56.1 Å². The summed E-state index contributed by atoms with van der Waals surface area (Å²) < 4.78 is 0. The third-order valence-corrected chi connectivity index (χ3v) is 7.88. The van der Waals surface area contributed by atoms with Gasteiger partial charge in [0.2, 0.25) is 0 Å². The van der Waals surface area contributed by atoms with Gasteiger partial charge in [0.1, 0.15) is 0 Å². The van der Waals surface area contributed by atoms with E-state index in [1.54, 1.807) is 72.8 Å². The van der Waals surface area contributed by atoms with E-state index >= 15 is 0 Å². The van der Waals surface area contributed by atoms with Crippen molar-refractivity contribution in [3.63, 3.8) is 0 Å². The lowest BCUT2D eigenvalue weighted by molar-refractivity contribution is 0.102. The van der Waals surface area contributed by atoms with E-state index in [9.17, 15) is 28.8 Å². The average molecular weight is 794 g/mol. The number of para-hydroxylation sites is 4. The van der Waals surface area contributed by atoms with Gasteiger partial charge in [0.15, 0.2) is 0 Å². The van der Waals surface area contributed by atoms with Gasteiger partial charge in [-0.2, -0.15) is 0 Å². The molecule has 0 aromatic heterocycles. The molecule has 0 atom stereocenters. The first-order valence-corrected chi connectivity index (χ1v) is 17.3. The number of carbonyl (C=O) groups excluding carboxylic acids is 6. The normalized spacial score (nSPS) is 9.87. The van der Waals surface area contributed by atoms with Crippen molar-refractivity contribution in [3.05, 3.63) is 191 Å². The smallest absolute Gasteiger partial charge is 0.255 e. The summed E-state index contributed by atoms with van der Waals surface area (Å²) in [5.41, 5.74) is 8.56. The molecule has 3 amide bonds. The Balaban J connectivity index is 0.000000250. The van der Waals surface area contributed by atoms with Crippen LogP contribution in [0.3, 0.4) is 0 Å². The number of nitrogen functional groups attached to an aromatic ring is 1. The molecule has 6 rings (SSSR count). The Morgan fingerprint density at radius 1 is 0.345 bits per heavy atom. The molecule has 0 fully saturated rings. The van der Waals surface area contributed by atoms with Crippen LogP contribution in [0.5, 0.6) is 0 Å². The first kappa shape index (κ1) is 41.2. The Hall–Kier alpha value is -6.59. The monoisotopic (exact) mass is 792 g/mol. The molecule has 0 saturated carbocycles. The Morgan fingerprint density at radius 3 is 0.764 bits per heavy atom. The maximum atomic E-state index is 12.9. The lowest BCUT2D eigenvalue weighted by atomic mass is 10.0. The van der Waals surface area contributed by atoms with Gasteiger partial charge < -0.3 is 21.7 Å². The van der Waals surface area contributed by atoms with Gasteiger partial charge >= 0.3 is 0 Å². The van der Waals surface area contributed by atoms with E-state index in [0.717, 1.165) is 5.69 Å². The second kappa shape index (κ2) is 20.6. The predicted octanol–water partition coefficient (Wildman–Crippen LogP) is 9.54. The molecule has 0 spiro atoms. The minimum atomic E-state index is -0.797. The molecule has 6 aromatic rings. The minimum Gasteiger partial charge on any atom is -0.399 e. The minimum absolute atomic E-state index is 0.00725. The zero-order chi connectivity index (χ0) is 39.7. The van der Waals surface area contributed by atoms with Gasteiger partial charge in [-0.1, -0.05) is 72.8 Å². The highest BCUT2D eigenvalue weighted by atomic mass is 35.5. The zero-order valence-corrected chi connectivity index (χ0v) is 30.9. The van der Waals surface area contributed by atoms with Crippen LogP contribution >= 0.6 is 34.8 Å². The van der Waals surface area contributed by atoms with E-state index in [4.69, 9.17) is 40.5 Å². The quantitative estimate of drug-likeness (QED) is 0.0836. The second-order valence-electron chi connectivity index (χ2n) is 11.3. The maximum absolute atomic E-state index is 12.9. The summed E-state index contributed by atoms with van der Waals surface area (Å²) in [6.07, 6.45) is 0. The molecule has 0 aliphatic carbocycles. The van der Waals surface area contributed by atoms with Crippen molar-refractivity contribution in [1.29, 1.82) is 0 Å². The fourth-order valence-corrected chi connectivity index (χ4v) is 4.94. The molecule has 0 heterocycles. The summed E-state index contributed by atoms with van der Waals surface area (Å²) >= 11 is 15.6. The molecule has 0 bridgehead atoms. The van der Waals surface area contributed by atoms with Gasteiger partial charge in [-0.05, 0) is 120 Å². The SMILES string of the molecule is Nc1ccccc1.O=C(Cl)c1cc(C(=O)Cl)cc(C(=O)Cl)c1.O=C(Nc1ccccc1)c1cc(C(=O)Nc2ccccc2)cc(C(=O)Nc2ccccc2)c1. The number of benzene rings is 6. The molecule has 5 N–H and O–H groups in total. The van der Waals surface area contributed by atoms with Crippen LogP contribution in [0.1, 0.15) is 62.1 Å². The summed E-state index contributed by atoms with van der Waals surface area (Å²) in [6.45, 7) is 0. The van der Waals surface area contributed by atoms with E-state index in [-0.39, 0.29) is 33.4 Å². The summed E-state index contributed by atoms with van der Waals surface area (Å²) in [7, 11) is 0. The number of nitrogens with two attached hydrogens (primary N) is 1. The van der Waals surface area contributed by atoms with Crippen LogP contribution in [-0.4, -0.2) is 33.4 Å². The number of amides is 3. The van der Waals surface area contributed by atoms with Crippen molar-refractivity contribution in [3.8, 4) is 0 Å². The van der Waals surface area contributed by atoms with Gasteiger partial charge in [-0.15, -0.1) is 0 Å². The van der Waals surface area contributed by atoms with Crippen LogP contribution in [0.15, 0.2) is 158 Å². The van der Waals surface area contributed by atoms with Gasteiger partial charge in [-0.25, -0.2) is 0 Å². The largest absolute Gasteiger partial charge is 0.399 e. The van der Waals surface area contributed by atoms with Crippen molar-refractivity contribution < 1.29 is 28.8 Å². The Bertz CT molecular complexity index is 2040. The van der Waals surface area contributed by atoms with Crippen LogP contribution in [0.4, 0.5) is 22.7 Å². The Kier molecular flexibility index (Phi) is 15.4. The van der Waals surface area contributed by atoms with E-state index < -0.39 is 33.4 Å². The summed E-state index contributed by atoms with van der Waals surface area (Å²) in [4.78, 5) is 71.3. The molecule has 0 unspecified atom stereocenters. The molecule has 55 heavy (non-hydrogen) atoms. The van der Waals surface area contributed by atoms with Crippen molar-refractivity contribution in [2.75, 3.05) is 21.7 Å². The first-order chi connectivity index (χ1) is 26.4. The van der Waals surface area contributed by atoms with Crippen LogP contribution < -0.4 is 21.7 Å². The molecule has 10 nitrogen and oxygen atoms in total. The number of hydrogen-bond donors (Lipinski definition) is 4. The van der Waals surface area contributed by atoms with Gasteiger partial charge in [0.05, 0.1) is 0 Å². The number of anilines is 4. The fourth-order valence-electron chi connectivity index (χ4n) is 4.62. The highest BCUT2D eigenvalue weighted by molar-refractivity contribution is 6.70. The lowest BCUT2D eigenvalue weighted by Gasteiger charge is -2.12. The fraction of sp³-hybridized carbons (Fsp3) is 0. The van der Waals surface area contributed by atoms with Crippen LogP contribution in [0.2, 0.25) is 0 Å². The number of carbonyl (C=O) groups is 6. The van der Waals surface area contributed by atoms with E-state index in [0.29, 0.717) is 17.1 Å². The number of rotatable bonds is 9. The number of hydrogen-bond acceptors (Lipinski definition) is 7. The molecule has 0 aliphatic heterocycles. The van der Waals surface area contributed by atoms with Gasteiger partial charge in [0.25, 0.3) is 33.4 Å². The lowest BCUT2D eigenvalue weighted by Crippen LogP contribution is -2.19. The summed E-state index contributed by atoms with van der Waals surface area (Å²) in [6, 6.07) is 44.4. The third kappa shape index (κ3) is 13.4.